The maximum atomic E-state index is 3.50. The van der Waals surface area contributed by atoms with Gasteiger partial charge in [-0.05, 0) is 11.1 Å². The topological polar surface area (TPSA) is 42.3 Å². The molecule has 0 aliphatic carbocycles. The van der Waals surface area contributed by atoms with Crippen molar-refractivity contribution >= 4 is 12.2 Å². The first-order chi connectivity index (χ1) is 15.9. The van der Waals surface area contributed by atoms with E-state index in [2.05, 4.69) is 116 Å². The van der Waals surface area contributed by atoms with Crippen LogP contribution >= 0.6 is 0 Å². The molecule has 0 N–H and O–H groups in total. The van der Waals surface area contributed by atoms with Crippen LogP contribution in [0.1, 0.15) is 31.9 Å². The van der Waals surface area contributed by atoms with Gasteiger partial charge in [-0.1, -0.05) is 85.0 Å². The zero-order valence-electron chi connectivity index (χ0n) is 22.1. The first kappa shape index (κ1) is 35.6. The van der Waals surface area contributed by atoms with Gasteiger partial charge in [0.1, 0.15) is 0 Å². The molecule has 0 bridgehead atoms. The van der Waals surface area contributed by atoms with Crippen LogP contribution in [0.2, 0.25) is 0 Å². The minimum Gasteiger partial charge on any atom is -0.668 e. The van der Waals surface area contributed by atoms with E-state index in [0.29, 0.717) is 0 Å². The zero-order valence-corrected chi connectivity index (χ0v) is 23.6. The summed E-state index contributed by atoms with van der Waals surface area (Å²) in [6.45, 7) is 6.31. The van der Waals surface area contributed by atoms with Crippen LogP contribution in [-0.2, 0) is 20.4 Å². The average molecular weight is 482 g/mol. The summed E-state index contributed by atoms with van der Waals surface area (Å²) in [7, 11) is 10.5. The van der Waals surface area contributed by atoms with Gasteiger partial charge in [0, 0.05) is 0 Å². The summed E-state index contributed by atoms with van der Waals surface area (Å²) in [6.07, 6.45) is 10.5. The van der Waals surface area contributed by atoms with Gasteiger partial charge in [0.05, 0.1) is 0 Å². The van der Waals surface area contributed by atoms with Crippen molar-refractivity contribution in [2.45, 2.75) is 20.8 Å². The summed E-state index contributed by atoms with van der Waals surface area (Å²) < 4.78 is 2.10. The maximum absolute atomic E-state index is 3.50. The molecule has 2 aromatic carbocycles. The van der Waals surface area contributed by atoms with E-state index in [-0.39, 0.29) is 0 Å². The Morgan fingerprint density at radius 2 is 0.909 bits per heavy atom. The van der Waals surface area contributed by atoms with Gasteiger partial charge in [0.25, 0.3) is 0 Å². The first-order valence-corrected chi connectivity index (χ1v) is 11.6. The molecule has 0 radical (unpaired) electrons. The average Bonchev–Trinajstić information content (AvgIpc) is 2.80. The molecule has 178 valence electrons. The molecule has 3 nitrogen and oxygen atoms in total. The van der Waals surface area contributed by atoms with Crippen LogP contribution < -0.4 is 0 Å². The van der Waals surface area contributed by atoms with Crippen molar-refractivity contribution in [1.29, 1.82) is 0 Å². The standard InChI is InChI=1S/C16H14.C7H11.3C2H6N.Ti/c1-3-9-15(10-4-1)13-7-8-14-16-11-5-2-6-12-16;1-6(2)5-7(3)4;3*1-3-2;/h1-14H;1,5H,2-4H3;3*1-2H3;/q;;3*-1;+3. The van der Waals surface area contributed by atoms with Crippen molar-refractivity contribution < 1.29 is 20.4 Å². The van der Waals surface area contributed by atoms with Crippen LogP contribution in [0.3, 0.4) is 0 Å². The third-order valence-electron chi connectivity index (χ3n) is 3.03. The maximum Gasteiger partial charge on any atom is -0.162 e. The van der Waals surface area contributed by atoms with Crippen molar-refractivity contribution in [2.24, 2.45) is 0 Å². The monoisotopic (exact) mass is 481 g/mol. The van der Waals surface area contributed by atoms with Gasteiger partial charge >= 0.3 is 62.8 Å². The van der Waals surface area contributed by atoms with E-state index in [9.17, 15) is 0 Å². The van der Waals surface area contributed by atoms with E-state index in [1.54, 1.807) is 42.3 Å². The summed E-state index contributed by atoms with van der Waals surface area (Å²) in [5.74, 6) is 0. The van der Waals surface area contributed by atoms with E-state index in [1.807, 2.05) is 36.4 Å². The smallest absolute Gasteiger partial charge is 0.162 e. The first-order valence-electron chi connectivity index (χ1n) is 10.7. The molecule has 0 amide bonds. The number of hydrogen-bond acceptors (Lipinski definition) is 0. The fourth-order valence-corrected chi connectivity index (χ4v) is 2.09. The number of rotatable bonds is 4. The molecule has 0 saturated heterocycles. The van der Waals surface area contributed by atoms with Gasteiger partial charge < -0.3 is 16.0 Å². The Kier molecular flexibility index (Phi) is 32.3. The fourth-order valence-electron chi connectivity index (χ4n) is 1.96. The third kappa shape index (κ3) is 32.3. The number of nitrogens with zero attached hydrogens (tertiary/aromatic N) is 3. The summed E-state index contributed by atoms with van der Waals surface area (Å²) in [4.78, 5) is 0. The molecule has 0 heterocycles. The fraction of sp³-hybridized carbons (Fsp3) is 0.310. The van der Waals surface area contributed by atoms with Crippen molar-refractivity contribution in [3.05, 3.63) is 121 Å². The Balaban J connectivity index is -0.000000444. The summed E-state index contributed by atoms with van der Waals surface area (Å²) in [5.41, 5.74) is 5.14. The normalized spacial score (nSPS) is 9.85. The Morgan fingerprint density at radius 3 is 1.12 bits per heavy atom. The van der Waals surface area contributed by atoms with Gasteiger partial charge in [-0.15, -0.1) is 0 Å². The van der Waals surface area contributed by atoms with Crippen molar-refractivity contribution in [3.63, 3.8) is 0 Å². The predicted molar refractivity (Wildman–Crippen MR) is 150 cm³/mol. The van der Waals surface area contributed by atoms with Crippen molar-refractivity contribution in [2.75, 3.05) is 42.3 Å². The number of benzene rings is 2. The Bertz CT molecular complexity index is 693. The second kappa shape index (κ2) is 30.0. The Labute approximate surface area is 216 Å². The molecule has 33 heavy (non-hydrogen) atoms. The van der Waals surface area contributed by atoms with Crippen LogP contribution in [0.25, 0.3) is 28.1 Å². The van der Waals surface area contributed by atoms with Crippen molar-refractivity contribution in [3.8, 4) is 0 Å². The molecular formula is C29H43N3Ti. The summed E-state index contributed by atoms with van der Waals surface area (Å²) >= 11 is 2.05. The predicted octanol–water partition coefficient (Wildman–Crippen LogP) is 8.68. The molecule has 0 spiro atoms. The second-order valence-corrected chi connectivity index (χ2v) is 7.44. The van der Waals surface area contributed by atoms with Crippen molar-refractivity contribution in [1.82, 2.24) is 0 Å². The molecule has 0 unspecified atom stereocenters. The Morgan fingerprint density at radius 1 is 0.606 bits per heavy atom. The van der Waals surface area contributed by atoms with Crippen LogP contribution in [0.15, 0.2) is 94.4 Å². The van der Waals surface area contributed by atoms with E-state index in [0.717, 1.165) is 0 Å². The summed E-state index contributed by atoms with van der Waals surface area (Å²) in [6, 6.07) is 20.6. The molecule has 0 aliphatic heterocycles. The third-order valence-corrected chi connectivity index (χ3v) is 3.74. The molecule has 0 atom stereocenters. The van der Waals surface area contributed by atoms with Crippen LogP contribution in [-0.4, -0.2) is 42.3 Å². The van der Waals surface area contributed by atoms with E-state index in [4.69, 9.17) is 0 Å². The molecule has 0 aliphatic rings. The van der Waals surface area contributed by atoms with Gasteiger partial charge in [-0.2, -0.15) is 42.3 Å². The van der Waals surface area contributed by atoms with E-state index >= 15 is 0 Å². The quantitative estimate of drug-likeness (QED) is 0.310. The molecule has 2 rings (SSSR count). The van der Waals surface area contributed by atoms with Crippen LogP contribution in [0.5, 0.6) is 0 Å². The minimum absolute atomic E-state index is 1.22. The number of allylic oxidation sites excluding steroid dienone is 5. The summed E-state index contributed by atoms with van der Waals surface area (Å²) in [5, 5.41) is 10.5. The van der Waals surface area contributed by atoms with Gasteiger partial charge in [-0.3, -0.25) is 0 Å². The van der Waals surface area contributed by atoms with Crippen LogP contribution in [0.4, 0.5) is 0 Å². The molecular weight excluding hydrogens is 438 g/mol. The molecule has 4 heteroatoms. The van der Waals surface area contributed by atoms with E-state index in [1.165, 1.54) is 22.3 Å². The molecule has 0 aromatic heterocycles. The van der Waals surface area contributed by atoms with Gasteiger partial charge in [0.15, 0.2) is 0 Å². The Hall–Kier alpha value is -2.01. The van der Waals surface area contributed by atoms with E-state index < -0.39 is 0 Å². The largest absolute Gasteiger partial charge is 0.668 e. The SMILES string of the molecule is C(C=Cc1ccccc1)=Cc1ccccc1.CC(C)=CC(C)=[CH][Ti+3].C[N-]C.C[N-]C.C[N-]C. The zero-order chi connectivity index (χ0) is 25.7. The number of hydrogen-bond donors (Lipinski definition) is 0. The van der Waals surface area contributed by atoms with Gasteiger partial charge in [0.2, 0.25) is 0 Å². The molecule has 0 saturated carbocycles. The second-order valence-electron chi connectivity index (χ2n) is 6.99. The molecule has 0 fully saturated rings. The van der Waals surface area contributed by atoms with Crippen LogP contribution in [0, 0.1) is 0 Å². The minimum atomic E-state index is 1.22. The van der Waals surface area contributed by atoms with Gasteiger partial charge in [-0.25, -0.2) is 0 Å². The molecule has 2 aromatic rings.